The molecule has 0 aliphatic heterocycles. The van der Waals surface area contributed by atoms with Crippen LogP contribution in [0.5, 0.6) is 5.75 Å². The zero-order valence-electron chi connectivity index (χ0n) is 13.5. The first-order valence-electron chi connectivity index (χ1n) is 7.53. The summed E-state index contributed by atoms with van der Waals surface area (Å²) >= 11 is 3.27. The molecule has 0 aliphatic carbocycles. The number of carbonyl (C=O) groups is 2. The third-order valence-electron chi connectivity index (χ3n) is 3.40. The highest BCUT2D eigenvalue weighted by Gasteiger charge is 2.11. The number of hydrogen-bond donors (Lipinski definition) is 3. The lowest BCUT2D eigenvalue weighted by molar-refractivity contribution is -0.118. The number of phenolic OH excluding ortho intramolecular Hbond substituents is 1. The van der Waals surface area contributed by atoms with E-state index in [0.29, 0.717) is 12.2 Å². The second-order valence-electron chi connectivity index (χ2n) is 5.69. The molecule has 0 aliphatic rings. The van der Waals surface area contributed by atoms with Gasteiger partial charge >= 0.3 is 0 Å². The SMILES string of the molecule is CC(C)C(=O)Nc1ccc(CNC(=O)c2cc(Br)ccc2O)cc1. The van der Waals surface area contributed by atoms with Crippen LogP contribution < -0.4 is 10.6 Å². The second-order valence-corrected chi connectivity index (χ2v) is 6.60. The van der Waals surface area contributed by atoms with Gasteiger partial charge in [-0.2, -0.15) is 0 Å². The third-order valence-corrected chi connectivity index (χ3v) is 3.90. The zero-order chi connectivity index (χ0) is 17.7. The average molecular weight is 391 g/mol. The molecule has 126 valence electrons. The molecule has 24 heavy (non-hydrogen) atoms. The fourth-order valence-corrected chi connectivity index (χ4v) is 2.32. The van der Waals surface area contributed by atoms with Gasteiger partial charge in [0.2, 0.25) is 5.91 Å². The largest absolute Gasteiger partial charge is 0.507 e. The van der Waals surface area contributed by atoms with Crippen LogP contribution in [0.2, 0.25) is 0 Å². The van der Waals surface area contributed by atoms with Crippen molar-refractivity contribution < 1.29 is 14.7 Å². The average Bonchev–Trinajstić information content (AvgIpc) is 2.56. The van der Waals surface area contributed by atoms with Gasteiger partial charge < -0.3 is 15.7 Å². The van der Waals surface area contributed by atoms with Crippen LogP contribution in [0.3, 0.4) is 0 Å². The van der Waals surface area contributed by atoms with E-state index in [1.807, 2.05) is 26.0 Å². The van der Waals surface area contributed by atoms with E-state index in [0.717, 1.165) is 10.0 Å². The Bertz CT molecular complexity index is 742. The Hall–Kier alpha value is -2.34. The minimum atomic E-state index is -0.356. The molecule has 0 saturated heterocycles. The molecule has 0 atom stereocenters. The molecule has 0 bridgehead atoms. The molecule has 0 radical (unpaired) electrons. The molecule has 5 nitrogen and oxygen atoms in total. The van der Waals surface area contributed by atoms with E-state index < -0.39 is 0 Å². The number of halogens is 1. The summed E-state index contributed by atoms with van der Waals surface area (Å²) in [6.45, 7) is 3.98. The summed E-state index contributed by atoms with van der Waals surface area (Å²) in [5, 5.41) is 15.3. The number of benzene rings is 2. The number of phenols is 1. The maximum Gasteiger partial charge on any atom is 0.255 e. The quantitative estimate of drug-likeness (QED) is 0.728. The molecule has 0 fully saturated rings. The van der Waals surface area contributed by atoms with Crippen molar-refractivity contribution in [2.24, 2.45) is 5.92 Å². The Balaban J connectivity index is 1.96. The van der Waals surface area contributed by atoms with Crippen molar-refractivity contribution in [1.29, 1.82) is 0 Å². The van der Waals surface area contributed by atoms with Gasteiger partial charge in [0.25, 0.3) is 5.91 Å². The number of anilines is 1. The van der Waals surface area contributed by atoms with E-state index in [1.165, 1.54) is 6.07 Å². The summed E-state index contributed by atoms with van der Waals surface area (Å²) in [6, 6.07) is 11.9. The number of hydrogen-bond acceptors (Lipinski definition) is 3. The van der Waals surface area contributed by atoms with Crippen LogP contribution in [0.25, 0.3) is 0 Å². The lowest BCUT2D eigenvalue weighted by Gasteiger charge is -2.10. The lowest BCUT2D eigenvalue weighted by atomic mass is 10.1. The minimum absolute atomic E-state index is 0.0406. The molecule has 2 amide bonds. The third kappa shape index (κ3) is 4.83. The van der Waals surface area contributed by atoms with Crippen LogP contribution in [0.1, 0.15) is 29.8 Å². The van der Waals surface area contributed by atoms with Crippen LogP contribution >= 0.6 is 15.9 Å². The molecule has 0 unspecified atom stereocenters. The van der Waals surface area contributed by atoms with E-state index in [-0.39, 0.29) is 29.0 Å². The van der Waals surface area contributed by atoms with Gasteiger partial charge in [0.15, 0.2) is 0 Å². The normalized spacial score (nSPS) is 10.5. The van der Waals surface area contributed by atoms with Gasteiger partial charge in [0.05, 0.1) is 5.56 Å². The first-order valence-corrected chi connectivity index (χ1v) is 8.32. The van der Waals surface area contributed by atoms with E-state index in [2.05, 4.69) is 26.6 Å². The summed E-state index contributed by atoms with van der Waals surface area (Å²) < 4.78 is 0.718. The first-order chi connectivity index (χ1) is 11.4. The standard InChI is InChI=1S/C18H19BrN2O3/c1-11(2)17(23)21-14-6-3-12(4-7-14)10-20-18(24)15-9-13(19)5-8-16(15)22/h3-9,11,22H,10H2,1-2H3,(H,20,24)(H,21,23). The molecule has 0 saturated carbocycles. The van der Waals surface area contributed by atoms with Crippen LogP contribution in [-0.2, 0) is 11.3 Å². The highest BCUT2D eigenvalue weighted by atomic mass is 79.9. The van der Waals surface area contributed by atoms with Gasteiger partial charge in [0, 0.05) is 22.6 Å². The van der Waals surface area contributed by atoms with Gasteiger partial charge in [-0.15, -0.1) is 0 Å². The molecule has 2 rings (SSSR count). The molecule has 0 spiro atoms. The van der Waals surface area contributed by atoms with Crippen LogP contribution in [-0.4, -0.2) is 16.9 Å². The predicted molar refractivity (Wildman–Crippen MR) is 96.9 cm³/mol. The van der Waals surface area contributed by atoms with Crippen LogP contribution in [0.4, 0.5) is 5.69 Å². The van der Waals surface area contributed by atoms with E-state index in [4.69, 9.17) is 0 Å². The number of nitrogens with one attached hydrogen (secondary N) is 2. The maximum absolute atomic E-state index is 12.1. The molecule has 6 heteroatoms. The van der Waals surface area contributed by atoms with E-state index >= 15 is 0 Å². The van der Waals surface area contributed by atoms with Crippen molar-refractivity contribution >= 4 is 33.4 Å². The molecule has 3 N–H and O–H groups in total. The van der Waals surface area contributed by atoms with E-state index in [1.54, 1.807) is 24.3 Å². The molecular weight excluding hydrogens is 372 g/mol. The van der Waals surface area contributed by atoms with Crippen molar-refractivity contribution in [3.63, 3.8) is 0 Å². The fourth-order valence-electron chi connectivity index (χ4n) is 1.96. The lowest BCUT2D eigenvalue weighted by Crippen LogP contribution is -2.23. The van der Waals surface area contributed by atoms with Crippen molar-refractivity contribution in [3.05, 3.63) is 58.1 Å². The van der Waals surface area contributed by atoms with Crippen molar-refractivity contribution in [1.82, 2.24) is 5.32 Å². The summed E-state index contributed by atoms with van der Waals surface area (Å²) in [5.74, 6) is -0.545. The monoisotopic (exact) mass is 390 g/mol. The topological polar surface area (TPSA) is 78.4 Å². The molecular formula is C18H19BrN2O3. The summed E-state index contributed by atoms with van der Waals surface area (Å²) in [6.07, 6.45) is 0. The van der Waals surface area contributed by atoms with Gasteiger partial charge in [-0.3, -0.25) is 9.59 Å². The highest BCUT2D eigenvalue weighted by molar-refractivity contribution is 9.10. The molecule has 0 heterocycles. The first kappa shape index (κ1) is 18.0. The van der Waals surface area contributed by atoms with Crippen LogP contribution in [0, 0.1) is 5.92 Å². The Labute approximate surface area is 149 Å². The summed E-state index contributed by atoms with van der Waals surface area (Å²) in [7, 11) is 0. The number of amides is 2. The predicted octanol–water partition coefficient (Wildman–Crippen LogP) is 3.68. The van der Waals surface area contributed by atoms with Crippen molar-refractivity contribution in [3.8, 4) is 5.75 Å². The minimum Gasteiger partial charge on any atom is -0.507 e. The smallest absolute Gasteiger partial charge is 0.255 e. The summed E-state index contributed by atoms with van der Waals surface area (Å²) in [4.78, 5) is 23.8. The second kappa shape index (κ2) is 7.97. The zero-order valence-corrected chi connectivity index (χ0v) is 15.1. The Morgan fingerprint density at radius 2 is 1.79 bits per heavy atom. The molecule has 0 aromatic heterocycles. The molecule has 2 aromatic carbocycles. The highest BCUT2D eigenvalue weighted by Crippen LogP contribution is 2.21. The summed E-state index contributed by atoms with van der Waals surface area (Å²) in [5.41, 5.74) is 1.82. The maximum atomic E-state index is 12.1. The fraction of sp³-hybridized carbons (Fsp3) is 0.222. The number of aromatic hydroxyl groups is 1. The van der Waals surface area contributed by atoms with E-state index in [9.17, 15) is 14.7 Å². The van der Waals surface area contributed by atoms with Crippen molar-refractivity contribution in [2.45, 2.75) is 20.4 Å². The van der Waals surface area contributed by atoms with Crippen molar-refractivity contribution in [2.75, 3.05) is 5.32 Å². The molecule has 2 aromatic rings. The van der Waals surface area contributed by atoms with Gasteiger partial charge in [-0.25, -0.2) is 0 Å². The van der Waals surface area contributed by atoms with Crippen LogP contribution in [0.15, 0.2) is 46.9 Å². The van der Waals surface area contributed by atoms with Gasteiger partial charge in [-0.05, 0) is 35.9 Å². The Kier molecular flexibility index (Phi) is 5.98. The number of carbonyl (C=O) groups excluding carboxylic acids is 2. The van der Waals surface area contributed by atoms with Gasteiger partial charge in [-0.1, -0.05) is 41.9 Å². The Morgan fingerprint density at radius 1 is 1.12 bits per heavy atom. The Morgan fingerprint density at radius 3 is 2.42 bits per heavy atom. The van der Waals surface area contributed by atoms with Gasteiger partial charge in [0.1, 0.15) is 5.75 Å². The number of rotatable bonds is 5.